The Hall–Kier alpha value is -1.54. The highest BCUT2D eigenvalue weighted by molar-refractivity contribution is 5.26. The van der Waals surface area contributed by atoms with Gasteiger partial charge >= 0.3 is 0 Å². The molecule has 1 aliphatic rings. The van der Waals surface area contributed by atoms with Crippen LogP contribution in [0.4, 0.5) is 0 Å². The van der Waals surface area contributed by atoms with Gasteiger partial charge in [0.15, 0.2) is 0 Å². The third-order valence-corrected chi connectivity index (χ3v) is 2.31. The highest BCUT2D eigenvalue weighted by Gasteiger charge is 2.04. The Morgan fingerprint density at radius 3 is 2.25 bits per heavy atom. The van der Waals surface area contributed by atoms with Gasteiger partial charge in [-0.15, -0.1) is 0 Å². The first kappa shape index (κ1) is 12.5. The predicted molar refractivity (Wildman–Crippen MR) is 68.3 cm³/mol. The Bertz CT molecular complexity index is 366. The molecule has 2 heteroatoms. The van der Waals surface area contributed by atoms with Crippen LogP contribution >= 0.6 is 0 Å². The Balaban J connectivity index is 0.000000606. The quantitative estimate of drug-likeness (QED) is 0.825. The molecule has 0 unspecified atom stereocenters. The second kappa shape index (κ2) is 6.85. The van der Waals surface area contributed by atoms with Crippen LogP contribution in [0.1, 0.15) is 19.8 Å². The fourth-order valence-electron chi connectivity index (χ4n) is 1.45. The number of ether oxygens (including phenoxy) is 1. The molecule has 16 heavy (non-hydrogen) atoms. The molecule has 86 valence electrons. The predicted octanol–water partition coefficient (Wildman–Crippen LogP) is 3.26. The van der Waals surface area contributed by atoms with Gasteiger partial charge in [0.2, 0.25) is 0 Å². The van der Waals surface area contributed by atoms with Crippen molar-refractivity contribution in [3.8, 4) is 5.75 Å². The number of allylic oxidation sites excluding steroid dienone is 4. The van der Waals surface area contributed by atoms with Crippen molar-refractivity contribution in [3.63, 3.8) is 0 Å². The summed E-state index contributed by atoms with van der Waals surface area (Å²) < 4.78 is 5.72. The van der Waals surface area contributed by atoms with E-state index in [4.69, 9.17) is 4.74 Å². The molecule has 0 bridgehead atoms. The van der Waals surface area contributed by atoms with Crippen LogP contribution in [-0.4, -0.2) is 7.05 Å². The van der Waals surface area contributed by atoms with Crippen LogP contribution in [0.15, 0.2) is 53.8 Å². The summed E-state index contributed by atoms with van der Waals surface area (Å²) in [6, 6.07) is 9.92. The second-order valence-electron chi connectivity index (χ2n) is 3.56. The molecule has 1 aromatic carbocycles. The van der Waals surface area contributed by atoms with Crippen molar-refractivity contribution in [2.75, 3.05) is 7.05 Å². The van der Waals surface area contributed by atoms with Gasteiger partial charge in [0.1, 0.15) is 11.5 Å². The number of nitrogens with two attached hydrogens (primary N) is 1. The molecule has 1 aliphatic carbocycles. The van der Waals surface area contributed by atoms with E-state index in [1.165, 1.54) is 12.6 Å². The minimum Gasteiger partial charge on any atom is -0.462 e. The molecule has 2 nitrogen and oxygen atoms in total. The summed E-state index contributed by atoms with van der Waals surface area (Å²) in [4.78, 5) is 0. The van der Waals surface area contributed by atoms with E-state index in [2.05, 4.69) is 24.8 Å². The first-order valence-corrected chi connectivity index (χ1v) is 5.51. The number of para-hydroxylation sites is 1. The Kier molecular flexibility index (Phi) is 5.37. The lowest BCUT2D eigenvalue weighted by Crippen LogP contribution is -1.98. The van der Waals surface area contributed by atoms with Gasteiger partial charge in [0, 0.05) is 6.42 Å². The molecule has 0 heterocycles. The molecular weight excluding hydrogens is 198 g/mol. The average molecular weight is 217 g/mol. The smallest absolute Gasteiger partial charge is 0.126 e. The molecule has 0 saturated heterocycles. The summed E-state index contributed by atoms with van der Waals surface area (Å²) in [6.07, 6.45) is 6.31. The van der Waals surface area contributed by atoms with Crippen molar-refractivity contribution in [2.45, 2.75) is 19.8 Å². The lowest BCUT2D eigenvalue weighted by atomic mass is 10.1. The monoisotopic (exact) mass is 217 g/mol. The average Bonchev–Trinajstić information content (AvgIpc) is 2.36. The normalized spacial score (nSPS) is 14.2. The SMILES string of the molecule is CC1=CC=C(Oc2ccccc2)CC1.CN. The summed E-state index contributed by atoms with van der Waals surface area (Å²) in [5, 5.41) is 0. The molecule has 0 aromatic heterocycles. The summed E-state index contributed by atoms with van der Waals surface area (Å²) in [6.45, 7) is 2.15. The molecule has 2 N–H and O–H groups in total. The van der Waals surface area contributed by atoms with E-state index < -0.39 is 0 Å². The van der Waals surface area contributed by atoms with Gasteiger partial charge < -0.3 is 10.5 Å². The van der Waals surface area contributed by atoms with E-state index >= 15 is 0 Å². The zero-order valence-electron chi connectivity index (χ0n) is 9.94. The lowest BCUT2D eigenvalue weighted by molar-refractivity contribution is 0.401. The zero-order chi connectivity index (χ0) is 11.8. The van der Waals surface area contributed by atoms with Crippen molar-refractivity contribution in [3.05, 3.63) is 53.8 Å². The van der Waals surface area contributed by atoms with Crippen LogP contribution < -0.4 is 10.5 Å². The van der Waals surface area contributed by atoms with Gasteiger partial charge in [-0.3, -0.25) is 0 Å². The third-order valence-electron chi connectivity index (χ3n) is 2.31. The second-order valence-corrected chi connectivity index (χ2v) is 3.56. The number of benzene rings is 1. The maximum atomic E-state index is 5.72. The van der Waals surface area contributed by atoms with Crippen LogP contribution in [0.2, 0.25) is 0 Å². The molecule has 0 saturated carbocycles. The zero-order valence-corrected chi connectivity index (χ0v) is 9.94. The molecule has 0 amide bonds. The van der Waals surface area contributed by atoms with Gasteiger partial charge in [-0.2, -0.15) is 0 Å². The van der Waals surface area contributed by atoms with Crippen LogP contribution in [0.3, 0.4) is 0 Å². The molecular formula is C14H19NO. The van der Waals surface area contributed by atoms with Crippen molar-refractivity contribution in [1.82, 2.24) is 0 Å². The molecule has 0 fully saturated rings. The molecule has 0 atom stereocenters. The van der Waals surface area contributed by atoms with E-state index in [-0.39, 0.29) is 0 Å². The molecule has 1 aromatic rings. The van der Waals surface area contributed by atoms with Crippen molar-refractivity contribution in [2.24, 2.45) is 5.73 Å². The summed E-state index contributed by atoms with van der Waals surface area (Å²) in [5.41, 5.74) is 5.92. The van der Waals surface area contributed by atoms with E-state index in [9.17, 15) is 0 Å². The van der Waals surface area contributed by atoms with Gasteiger partial charge in [0.05, 0.1) is 0 Å². The summed E-state index contributed by atoms with van der Waals surface area (Å²) in [7, 11) is 1.50. The minimum absolute atomic E-state index is 0.923. The van der Waals surface area contributed by atoms with Gasteiger partial charge in [-0.1, -0.05) is 29.8 Å². The van der Waals surface area contributed by atoms with Gasteiger partial charge in [-0.05, 0) is 38.6 Å². The van der Waals surface area contributed by atoms with Crippen molar-refractivity contribution >= 4 is 0 Å². The fraction of sp³-hybridized carbons (Fsp3) is 0.286. The van der Waals surface area contributed by atoms with E-state index in [0.29, 0.717) is 0 Å². The first-order chi connectivity index (χ1) is 7.84. The van der Waals surface area contributed by atoms with Crippen LogP contribution in [0.25, 0.3) is 0 Å². The van der Waals surface area contributed by atoms with Gasteiger partial charge in [0.25, 0.3) is 0 Å². The van der Waals surface area contributed by atoms with Crippen LogP contribution in [0, 0.1) is 0 Å². The Morgan fingerprint density at radius 1 is 1.00 bits per heavy atom. The largest absolute Gasteiger partial charge is 0.462 e. The third kappa shape index (κ3) is 3.91. The van der Waals surface area contributed by atoms with Crippen LogP contribution in [-0.2, 0) is 0 Å². The van der Waals surface area contributed by atoms with Crippen molar-refractivity contribution < 1.29 is 4.74 Å². The number of hydrogen-bond donors (Lipinski definition) is 1. The molecule has 0 spiro atoms. The van der Waals surface area contributed by atoms with Crippen LogP contribution in [0.5, 0.6) is 5.75 Å². The number of rotatable bonds is 2. The summed E-state index contributed by atoms with van der Waals surface area (Å²) >= 11 is 0. The Morgan fingerprint density at radius 2 is 1.69 bits per heavy atom. The van der Waals surface area contributed by atoms with E-state index in [1.807, 2.05) is 30.3 Å². The topological polar surface area (TPSA) is 35.2 Å². The maximum Gasteiger partial charge on any atom is 0.126 e. The molecule has 2 rings (SSSR count). The van der Waals surface area contributed by atoms with Gasteiger partial charge in [-0.25, -0.2) is 0 Å². The Labute approximate surface area is 97.4 Å². The number of hydrogen-bond acceptors (Lipinski definition) is 2. The molecule has 0 radical (unpaired) electrons. The fourth-order valence-corrected chi connectivity index (χ4v) is 1.45. The maximum absolute atomic E-state index is 5.72. The highest BCUT2D eigenvalue weighted by atomic mass is 16.5. The highest BCUT2D eigenvalue weighted by Crippen LogP contribution is 2.21. The standard InChI is InChI=1S/C13H14O.CH5N/c1-11-7-9-13(10-8-11)14-12-5-3-2-4-6-12;1-2/h2-7,9H,8,10H2,1H3;2H2,1H3. The van der Waals surface area contributed by atoms with E-state index in [0.717, 1.165) is 24.4 Å². The first-order valence-electron chi connectivity index (χ1n) is 5.51. The van der Waals surface area contributed by atoms with E-state index in [1.54, 1.807) is 0 Å². The molecule has 0 aliphatic heterocycles. The summed E-state index contributed by atoms with van der Waals surface area (Å²) in [5.74, 6) is 1.98. The van der Waals surface area contributed by atoms with Crippen molar-refractivity contribution in [1.29, 1.82) is 0 Å². The lowest BCUT2D eigenvalue weighted by Gasteiger charge is -2.13. The minimum atomic E-state index is 0.923.